The Morgan fingerprint density at radius 1 is 1.11 bits per heavy atom. The Morgan fingerprint density at radius 3 is 2.28 bits per heavy atom. The third-order valence-corrected chi connectivity index (χ3v) is 3.14. The monoisotopic (exact) mass is 247 g/mol. The van der Waals surface area contributed by atoms with E-state index in [1.165, 1.54) is 0 Å². The molecule has 2 nitrogen and oxygen atoms in total. The Morgan fingerprint density at radius 2 is 1.72 bits per heavy atom. The maximum Gasteiger partial charge on any atom is 0.177 e. The first-order chi connectivity index (χ1) is 8.58. The first kappa shape index (κ1) is 14.9. The van der Waals surface area contributed by atoms with Crippen LogP contribution in [-0.2, 0) is 0 Å². The molecule has 0 amide bonds. The molecule has 0 unspecified atom stereocenters. The van der Waals surface area contributed by atoms with Crippen LogP contribution in [0, 0.1) is 13.8 Å². The number of aryl methyl sites for hydroxylation is 2. The summed E-state index contributed by atoms with van der Waals surface area (Å²) >= 11 is 0. The van der Waals surface area contributed by atoms with Crippen molar-refractivity contribution in [1.29, 1.82) is 0 Å². The second-order valence-electron chi connectivity index (χ2n) is 5.02. The number of rotatable bonds is 7. The quantitative estimate of drug-likeness (QED) is 0.686. The summed E-state index contributed by atoms with van der Waals surface area (Å²) in [5.41, 5.74) is 3.12. The lowest BCUT2D eigenvalue weighted by atomic mass is 10.0. The summed E-state index contributed by atoms with van der Waals surface area (Å²) in [6.45, 7) is 10.9. The highest BCUT2D eigenvalue weighted by molar-refractivity contribution is 5.99. The number of carbonyl (C=O) groups is 1. The van der Waals surface area contributed by atoms with Crippen molar-refractivity contribution in [1.82, 2.24) is 4.90 Å². The van der Waals surface area contributed by atoms with E-state index in [1.54, 1.807) is 0 Å². The van der Waals surface area contributed by atoms with Gasteiger partial charge in [0.05, 0.1) is 6.54 Å². The highest BCUT2D eigenvalue weighted by atomic mass is 16.1. The highest BCUT2D eigenvalue weighted by Crippen LogP contribution is 2.12. The maximum atomic E-state index is 12.3. The van der Waals surface area contributed by atoms with Crippen molar-refractivity contribution in [3.05, 3.63) is 34.9 Å². The summed E-state index contributed by atoms with van der Waals surface area (Å²) in [5.74, 6) is 0.248. The Labute approximate surface area is 111 Å². The molecule has 0 aliphatic carbocycles. The number of benzene rings is 1. The lowest BCUT2D eigenvalue weighted by molar-refractivity contribution is 0.0930. The highest BCUT2D eigenvalue weighted by Gasteiger charge is 2.13. The molecule has 0 aliphatic rings. The Kier molecular flexibility index (Phi) is 6.06. The van der Waals surface area contributed by atoms with Gasteiger partial charge in [0.2, 0.25) is 0 Å². The Balaban J connectivity index is 2.76. The number of nitrogens with zero attached hydrogens (tertiary/aromatic N) is 1. The van der Waals surface area contributed by atoms with E-state index in [-0.39, 0.29) is 5.78 Å². The van der Waals surface area contributed by atoms with Gasteiger partial charge in [-0.05, 0) is 51.4 Å². The summed E-state index contributed by atoms with van der Waals surface area (Å²) in [7, 11) is 0. The van der Waals surface area contributed by atoms with Gasteiger partial charge < -0.3 is 0 Å². The third kappa shape index (κ3) is 4.26. The second kappa shape index (κ2) is 7.32. The van der Waals surface area contributed by atoms with Gasteiger partial charge in [-0.1, -0.05) is 31.5 Å². The van der Waals surface area contributed by atoms with Gasteiger partial charge in [-0.2, -0.15) is 0 Å². The summed E-state index contributed by atoms with van der Waals surface area (Å²) in [6, 6.07) is 6.10. The van der Waals surface area contributed by atoms with Gasteiger partial charge >= 0.3 is 0 Å². The van der Waals surface area contributed by atoms with E-state index in [1.807, 2.05) is 26.0 Å². The molecule has 0 saturated carbocycles. The number of hydrogen-bond acceptors (Lipinski definition) is 2. The summed E-state index contributed by atoms with van der Waals surface area (Å²) in [5, 5.41) is 0. The normalized spacial score (nSPS) is 10.9. The van der Waals surface area contributed by atoms with Crippen LogP contribution in [0.4, 0.5) is 0 Å². The minimum atomic E-state index is 0.248. The van der Waals surface area contributed by atoms with Crippen molar-refractivity contribution in [2.75, 3.05) is 19.6 Å². The molecule has 2 heteroatoms. The van der Waals surface area contributed by atoms with E-state index in [2.05, 4.69) is 24.8 Å². The molecule has 0 aliphatic heterocycles. The minimum absolute atomic E-state index is 0.248. The zero-order valence-electron chi connectivity index (χ0n) is 12.1. The van der Waals surface area contributed by atoms with Crippen molar-refractivity contribution in [3.63, 3.8) is 0 Å². The number of carbonyl (C=O) groups excluding carboxylic acids is 1. The smallest absolute Gasteiger partial charge is 0.177 e. The molecule has 0 radical (unpaired) electrons. The van der Waals surface area contributed by atoms with Crippen LogP contribution in [0.15, 0.2) is 18.2 Å². The first-order valence-electron chi connectivity index (χ1n) is 6.91. The van der Waals surface area contributed by atoms with Gasteiger partial charge in [-0.3, -0.25) is 9.69 Å². The molecule has 0 fully saturated rings. The lowest BCUT2D eigenvalue weighted by Gasteiger charge is -2.20. The average molecular weight is 247 g/mol. The van der Waals surface area contributed by atoms with E-state index in [9.17, 15) is 4.79 Å². The van der Waals surface area contributed by atoms with Gasteiger partial charge in [0, 0.05) is 5.56 Å². The first-order valence-corrected chi connectivity index (χ1v) is 6.91. The Bertz CT molecular complexity index is 392. The molecule has 1 aromatic carbocycles. The molecule has 0 heterocycles. The topological polar surface area (TPSA) is 20.3 Å². The number of hydrogen-bond donors (Lipinski definition) is 0. The van der Waals surface area contributed by atoms with Crippen molar-refractivity contribution in [2.24, 2.45) is 0 Å². The van der Waals surface area contributed by atoms with Crippen LogP contribution in [0.25, 0.3) is 0 Å². The lowest BCUT2D eigenvalue weighted by Crippen LogP contribution is -2.31. The molecule has 0 bridgehead atoms. The van der Waals surface area contributed by atoms with Crippen molar-refractivity contribution in [3.8, 4) is 0 Å². The fraction of sp³-hybridized carbons (Fsp3) is 0.562. The standard InChI is InChI=1S/C16H25NO/c1-5-9-17(10-6-2)12-16(18)15-11-13(3)7-8-14(15)4/h7-8,11H,5-6,9-10,12H2,1-4H3. The fourth-order valence-electron chi connectivity index (χ4n) is 2.23. The van der Waals surface area contributed by atoms with Crippen molar-refractivity contribution in [2.45, 2.75) is 40.5 Å². The van der Waals surface area contributed by atoms with Crippen LogP contribution >= 0.6 is 0 Å². The van der Waals surface area contributed by atoms with Crippen LogP contribution in [0.5, 0.6) is 0 Å². The van der Waals surface area contributed by atoms with E-state index in [0.717, 1.165) is 42.6 Å². The third-order valence-electron chi connectivity index (χ3n) is 3.14. The molecule has 0 atom stereocenters. The molecular formula is C16H25NO. The van der Waals surface area contributed by atoms with Crippen molar-refractivity contribution < 1.29 is 4.79 Å². The minimum Gasteiger partial charge on any atom is -0.296 e. The largest absolute Gasteiger partial charge is 0.296 e. The molecule has 100 valence electrons. The van der Waals surface area contributed by atoms with Crippen LogP contribution < -0.4 is 0 Å². The van der Waals surface area contributed by atoms with Gasteiger partial charge in [-0.15, -0.1) is 0 Å². The maximum absolute atomic E-state index is 12.3. The van der Waals surface area contributed by atoms with E-state index in [0.29, 0.717) is 6.54 Å². The van der Waals surface area contributed by atoms with E-state index >= 15 is 0 Å². The second-order valence-corrected chi connectivity index (χ2v) is 5.02. The molecular weight excluding hydrogens is 222 g/mol. The number of ketones is 1. The molecule has 0 spiro atoms. The molecule has 1 rings (SSSR count). The van der Waals surface area contributed by atoms with Crippen molar-refractivity contribution >= 4 is 5.78 Å². The SMILES string of the molecule is CCCN(CCC)CC(=O)c1cc(C)ccc1C. The van der Waals surface area contributed by atoms with E-state index in [4.69, 9.17) is 0 Å². The van der Waals surface area contributed by atoms with Gasteiger partial charge in [0.1, 0.15) is 0 Å². The van der Waals surface area contributed by atoms with Crippen LogP contribution in [-0.4, -0.2) is 30.3 Å². The predicted molar refractivity (Wildman–Crippen MR) is 77.3 cm³/mol. The van der Waals surface area contributed by atoms with Crippen LogP contribution in [0.3, 0.4) is 0 Å². The van der Waals surface area contributed by atoms with Gasteiger partial charge in [0.15, 0.2) is 5.78 Å². The van der Waals surface area contributed by atoms with Crippen LogP contribution in [0.1, 0.15) is 48.2 Å². The van der Waals surface area contributed by atoms with Gasteiger partial charge in [0.25, 0.3) is 0 Å². The summed E-state index contributed by atoms with van der Waals surface area (Å²) in [6.07, 6.45) is 2.19. The zero-order valence-corrected chi connectivity index (χ0v) is 12.1. The Hall–Kier alpha value is -1.15. The van der Waals surface area contributed by atoms with E-state index < -0.39 is 0 Å². The molecule has 1 aromatic rings. The molecule has 18 heavy (non-hydrogen) atoms. The summed E-state index contributed by atoms with van der Waals surface area (Å²) in [4.78, 5) is 14.6. The number of Topliss-reactive ketones (excluding diaryl/α,β-unsaturated/α-hetero) is 1. The van der Waals surface area contributed by atoms with Gasteiger partial charge in [-0.25, -0.2) is 0 Å². The average Bonchev–Trinajstić information content (AvgIpc) is 2.33. The predicted octanol–water partition coefficient (Wildman–Crippen LogP) is 3.61. The summed E-state index contributed by atoms with van der Waals surface area (Å²) < 4.78 is 0. The molecule has 0 saturated heterocycles. The van der Waals surface area contributed by atoms with Crippen LogP contribution in [0.2, 0.25) is 0 Å². The molecule has 0 aromatic heterocycles. The molecule has 0 N–H and O–H groups in total. The fourth-order valence-corrected chi connectivity index (χ4v) is 2.23. The zero-order chi connectivity index (χ0) is 13.5.